The Morgan fingerprint density at radius 3 is 2.85 bits per heavy atom. The summed E-state index contributed by atoms with van der Waals surface area (Å²) in [6, 6.07) is 8.24. The number of amides is 1. The van der Waals surface area contributed by atoms with Crippen molar-refractivity contribution in [3.8, 4) is 5.75 Å². The van der Waals surface area contributed by atoms with E-state index in [2.05, 4.69) is 27.7 Å². The van der Waals surface area contributed by atoms with Crippen LogP contribution in [0.4, 0.5) is 5.69 Å². The van der Waals surface area contributed by atoms with Crippen LogP contribution in [0, 0.1) is 17.3 Å². The van der Waals surface area contributed by atoms with E-state index < -0.39 is 0 Å². The Kier molecular flexibility index (Phi) is 7.66. The van der Waals surface area contributed by atoms with Gasteiger partial charge in [0, 0.05) is 37.3 Å². The van der Waals surface area contributed by atoms with E-state index in [9.17, 15) is 4.79 Å². The van der Waals surface area contributed by atoms with Gasteiger partial charge in [-0.15, -0.1) is 24.8 Å². The van der Waals surface area contributed by atoms with E-state index in [0.29, 0.717) is 17.2 Å². The van der Waals surface area contributed by atoms with E-state index in [1.807, 2.05) is 12.1 Å². The summed E-state index contributed by atoms with van der Waals surface area (Å²) in [5.74, 6) is 2.00. The Hall–Kier alpha value is -1.17. The normalized spacial score (nSPS) is 25.3. The standard InChI is InChI=1S/C20H29N3O2.2ClH/c1-25-17-4-2-3-16(11-17)23-10-5-15(14-23)13-22-19(24)18-12-20(18)6-8-21-9-7-20;;/h2-4,11,15,18,21H,5-10,12-14H2,1H3,(H,22,24);2*1H. The molecule has 2 aliphatic heterocycles. The molecular weight excluding hydrogens is 385 g/mol. The minimum absolute atomic E-state index is 0. The number of ether oxygens (including phenoxy) is 1. The number of nitrogens with one attached hydrogen (secondary N) is 2. The number of carbonyl (C=O) groups excluding carboxylic acids is 1. The Bertz CT molecular complexity index is 637. The molecule has 7 heteroatoms. The lowest BCUT2D eigenvalue weighted by Crippen LogP contribution is -2.36. The first-order valence-electron chi connectivity index (χ1n) is 9.58. The van der Waals surface area contributed by atoms with Crippen molar-refractivity contribution in [2.45, 2.75) is 25.7 Å². The Morgan fingerprint density at radius 2 is 2.11 bits per heavy atom. The molecule has 1 aromatic carbocycles. The molecule has 1 aromatic rings. The highest BCUT2D eigenvalue weighted by molar-refractivity contribution is 5.85. The molecule has 0 bridgehead atoms. The molecule has 2 unspecified atom stereocenters. The SMILES string of the molecule is COc1cccc(N2CCC(CNC(=O)C3CC34CCNCC4)C2)c1.Cl.Cl. The molecule has 3 fully saturated rings. The number of nitrogens with zero attached hydrogens (tertiary/aromatic N) is 1. The average molecular weight is 416 g/mol. The molecule has 2 heterocycles. The van der Waals surface area contributed by atoms with Gasteiger partial charge in [0.1, 0.15) is 5.75 Å². The third-order valence-electron chi connectivity index (χ3n) is 6.37. The minimum Gasteiger partial charge on any atom is -0.497 e. The highest BCUT2D eigenvalue weighted by atomic mass is 35.5. The molecule has 2 N–H and O–H groups in total. The van der Waals surface area contributed by atoms with E-state index in [-0.39, 0.29) is 30.7 Å². The second-order valence-electron chi connectivity index (χ2n) is 7.92. The molecule has 5 nitrogen and oxygen atoms in total. The second-order valence-corrected chi connectivity index (χ2v) is 7.92. The summed E-state index contributed by atoms with van der Waals surface area (Å²) in [6.45, 7) is 5.01. The molecule has 3 aliphatic rings. The topological polar surface area (TPSA) is 53.6 Å². The summed E-state index contributed by atoms with van der Waals surface area (Å²) in [5, 5.41) is 6.64. The van der Waals surface area contributed by atoms with Gasteiger partial charge in [-0.1, -0.05) is 6.07 Å². The number of benzene rings is 1. The highest BCUT2D eigenvalue weighted by Crippen LogP contribution is 2.58. The Labute approximate surface area is 174 Å². The molecule has 4 rings (SSSR count). The summed E-state index contributed by atoms with van der Waals surface area (Å²) in [7, 11) is 1.70. The maximum absolute atomic E-state index is 12.5. The van der Waals surface area contributed by atoms with E-state index in [0.717, 1.165) is 64.2 Å². The van der Waals surface area contributed by atoms with E-state index in [1.165, 1.54) is 5.69 Å². The first kappa shape index (κ1) is 22.1. The van der Waals surface area contributed by atoms with E-state index >= 15 is 0 Å². The van der Waals surface area contributed by atoms with Crippen LogP contribution in [0.2, 0.25) is 0 Å². The lowest BCUT2D eigenvalue weighted by molar-refractivity contribution is -0.123. The summed E-state index contributed by atoms with van der Waals surface area (Å²) in [4.78, 5) is 14.9. The van der Waals surface area contributed by atoms with Crippen LogP contribution < -0.4 is 20.3 Å². The van der Waals surface area contributed by atoms with Gasteiger partial charge >= 0.3 is 0 Å². The summed E-state index contributed by atoms with van der Waals surface area (Å²) < 4.78 is 5.32. The lowest BCUT2D eigenvalue weighted by atomic mass is 9.91. The first-order valence-corrected chi connectivity index (χ1v) is 9.58. The number of anilines is 1. The molecule has 2 atom stereocenters. The zero-order chi connectivity index (χ0) is 17.3. The van der Waals surface area contributed by atoms with Gasteiger partial charge in [-0.2, -0.15) is 0 Å². The quantitative estimate of drug-likeness (QED) is 0.775. The molecule has 1 saturated carbocycles. The number of piperidine rings is 1. The Morgan fingerprint density at radius 1 is 1.33 bits per heavy atom. The van der Waals surface area contributed by atoms with Crippen molar-refractivity contribution in [1.29, 1.82) is 0 Å². The van der Waals surface area contributed by atoms with Crippen molar-refractivity contribution >= 4 is 36.4 Å². The van der Waals surface area contributed by atoms with Gasteiger partial charge in [0.05, 0.1) is 7.11 Å². The molecule has 1 amide bonds. The third-order valence-corrected chi connectivity index (χ3v) is 6.37. The van der Waals surface area contributed by atoms with Crippen molar-refractivity contribution in [3.05, 3.63) is 24.3 Å². The fourth-order valence-electron chi connectivity index (χ4n) is 4.60. The number of methoxy groups -OCH3 is 1. The molecule has 0 aromatic heterocycles. The van der Waals surface area contributed by atoms with Crippen molar-refractivity contribution in [1.82, 2.24) is 10.6 Å². The zero-order valence-electron chi connectivity index (χ0n) is 15.9. The third kappa shape index (κ3) is 4.82. The molecule has 1 spiro atoms. The molecule has 152 valence electrons. The van der Waals surface area contributed by atoms with Gasteiger partial charge in [-0.05, 0) is 62.2 Å². The van der Waals surface area contributed by atoms with Crippen molar-refractivity contribution in [2.24, 2.45) is 17.3 Å². The maximum Gasteiger partial charge on any atom is 0.223 e. The number of carbonyl (C=O) groups is 1. The van der Waals surface area contributed by atoms with Gasteiger partial charge in [0.15, 0.2) is 0 Å². The van der Waals surface area contributed by atoms with Crippen molar-refractivity contribution in [3.63, 3.8) is 0 Å². The van der Waals surface area contributed by atoms with Gasteiger partial charge in [-0.25, -0.2) is 0 Å². The molecule has 0 radical (unpaired) electrons. The number of hydrogen-bond acceptors (Lipinski definition) is 4. The maximum atomic E-state index is 12.5. The lowest BCUT2D eigenvalue weighted by Gasteiger charge is -2.23. The molecule has 1 aliphatic carbocycles. The fourth-order valence-corrected chi connectivity index (χ4v) is 4.60. The second kappa shape index (κ2) is 9.35. The predicted octanol–water partition coefficient (Wildman–Crippen LogP) is 2.87. The summed E-state index contributed by atoms with van der Waals surface area (Å²) in [6.07, 6.45) is 4.56. The van der Waals surface area contributed by atoms with Crippen LogP contribution in [0.25, 0.3) is 0 Å². The molecular formula is C20H31Cl2N3O2. The van der Waals surface area contributed by atoms with Gasteiger partial charge < -0.3 is 20.3 Å². The Balaban J connectivity index is 0.00000131. The van der Waals surface area contributed by atoms with Crippen LogP contribution in [0.5, 0.6) is 5.75 Å². The summed E-state index contributed by atoms with van der Waals surface area (Å²) in [5.41, 5.74) is 1.54. The van der Waals surface area contributed by atoms with Gasteiger partial charge in [-0.3, -0.25) is 4.79 Å². The van der Waals surface area contributed by atoms with Crippen molar-refractivity contribution in [2.75, 3.05) is 44.7 Å². The van der Waals surface area contributed by atoms with Crippen LogP contribution >= 0.6 is 24.8 Å². The fraction of sp³-hybridized carbons (Fsp3) is 0.650. The molecule has 27 heavy (non-hydrogen) atoms. The van der Waals surface area contributed by atoms with Crippen molar-refractivity contribution < 1.29 is 9.53 Å². The average Bonchev–Trinajstić information content (AvgIpc) is 3.13. The predicted molar refractivity (Wildman–Crippen MR) is 113 cm³/mol. The smallest absolute Gasteiger partial charge is 0.223 e. The van der Waals surface area contributed by atoms with Crippen LogP contribution in [0.1, 0.15) is 25.7 Å². The van der Waals surface area contributed by atoms with E-state index in [1.54, 1.807) is 7.11 Å². The molecule has 2 saturated heterocycles. The first-order chi connectivity index (χ1) is 12.2. The van der Waals surface area contributed by atoms with Crippen LogP contribution in [-0.2, 0) is 4.79 Å². The number of halogens is 2. The van der Waals surface area contributed by atoms with E-state index in [4.69, 9.17) is 4.74 Å². The van der Waals surface area contributed by atoms with Gasteiger partial charge in [0.2, 0.25) is 5.91 Å². The van der Waals surface area contributed by atoms with Crippen LogP contribution in [-0.4, -0.2) is 45.7 Å². The van der Waals surface area contributed by atoms with Crippen LogP contribution in [0.3, 0.4) is 0 Å². The summed E-state index contributed by atoms with van der Waals surface area (Å²) >= 11 is 0. The number of rotatable bonds is 5. The van der Waals surface area contributed by atoms with Gasteiger partial charge in [0.25, 0.3) is 0 Å². The largest absolute Gasteiger partial charge is 0.497 e. The zero-order valence-corrected chi connectivity index (χ0v) is 17.5. The highest BCUT2D eigenvalue weighted by Gasteiger charge is 2.57. The minimum atomic E-state index is 0. The number of hydrogen-bond donors (Lipinski definition) is 2. The monoisotopic (exact) mass is 415 g/mol. The van der Waals surface area contributed by atoms with Crippen LogP contribution in [0.15, 0.2) is 24.3 Å².